The van der Waals surface area contributed by atoms with Gasteiger partial charge >= 0.3 is 0 Å². The lowest BCUT2D eigenvalue weighted by molar-refractivity contribution is -0.125. The van der Waals surface area contributed by atoms with Gasteiger partial charge in [0.15, 0.2) is 0 Å². The number of carbonyl (C=O) groups excluding carboxylic acids is 2. The van der Waals surface area contributed by atoms with Crippen molar-refractivity contribution in [3.8, 4) is 16.9 Å². The van der Waals surface area contributed by atoms with Gasteiger partial charge in [-0.05, 0) is 24.3 Å². The van der Waals surface area contributed by atoms with E-state index in [0.717, 1.165) is 11.6 Å². The summed E-state index contributed by atoms with van der Waals surface area (Å²) in [6, 6.07) is 10.3. The Hall–Kier alpha value is -3.39. The van der Waals surface area contributed by atoms with Crippen LogP contribution in [0.4, 0.5) is 15.9 Å². The fourth-order valence-corrected chi connectivity index (χ4v) is 3.42. The van der Waals surface area contributed by atoms with Crippen LogP contribution in [-0.2, 0) is 9.59 Å². The summed E-state index contributed by atoms with van der Waals surface area (Å²) in [4.78, 5) is 25.1. The number of ether oxygens (including phenoxy) is 1. The molecule has 0 saturated carbocycles. The Morgan fingerprint density at radius 3 is 2.86 bits per heavy atom. The largest absolute Gasteiger partial charge is 0.496 e. The highest BCUT2D eigenvalue weighted by atomic mass is 35.5. The van der Waals surface area contributed by atoms with Gasteiger partial charge in [-0.15, -0.1) is 0 Å². The number of anilines is 2. The van der Waals surface area contributed by atoms with E-state index in [4.69, 9.17) is 16.3 Å². The number of hydrogen-bond acceptors (Lipinski definition) is 4. The molecule has 1 aliphatic heterocycles. The Morgan fingerprint density at radius 1 is 1.31 bits per heavy atom. The number of nitrogens with zero attached hydrogens (tertiary/aromatic N) is 2. The topological polar surface area (TPSA) is 85.2 Å². The minimum Gasteiger partial charge on any atom is -0.496 e. The van der Waals surface area contributed by atoms with E-state index in [1.807, 2.05) is 18.2 Å². The van der Waals surface area contributed by atoms with E-state index in [1.165, 1.54) is 16.8 Å². The minimum atomic E-state index is -0.869. The highest BCUT2D eigenvalue weighted by Crippen LogP contribution is 2.38. The number of hydrogen-bond donors (Lipinski definition) is 2. The molecule has 0 radical (unpaired) electrons. The van der Waals surface area contributed by atoms with E-state index in [9.17, 15) is 14.0 Å². The number of amides is 2. The number of benzene rings is 2. The SMILES string of the molecule is COc1ccccc1-c1cnn2c1NC(=O)C[C@H]2C(=O)Nc1ccc(F)c(Cl)c1. The second-order valence-corrected chi connectivity index (χ2v) is 6.85. The maximum atomic E-state index is 13.3. The van der Waals surface area contributed by atoms with Crippen molar-refractivity contribution < 1.29 is 18.7 Å². The molecule has 9 heteroatoms. The van der Waals surface area contributed by atoms with E-state index in [2.05, 4.69) is 15.7 Å². The van der Waals surface area contributed by atoms with Gasteiger partial charge in [-0.1, -0.05) is 29.8 Å². The number of para-hydroxylation sites is 1. The second-order valence-electron chi connectivity index (χ2n) is 6.44. The first-order valence-electron chi connectivity index (χ1n) is 8.74. The molecule has 0 spiro atoms. The molecule has 1 atom stereocenters. The quantitative estimate of drug-likeness (QED) is 0.678. The monoisotopic (exact) mass is 414 g/mol. The highest BCUT2D eigenvalue weighted by Gasteiger charge is 2.33. The number of nitrogens with one attached hydrogen (secondary N) is 2. The fourth-order valence-electron chi connectivity index (χ4n) is 3.24. The normalized spacial score (nSPS) is 15.4. The predicted octanol–water partition coefficient (Wildman–Crippen LogP) is 3.87. The molecule has 2 aromatic carbocycles. The Balaban J connectivity index is 1.68. The van der Waals surface area contributed by atoms with E-state index in [0.29, 0.717) is 22.8 Å². The van der Waals surface area contributed by atoms with Crippen LogP contribution in [0.1, 0.15) is 12.5 Å². The summed E-state index contributed by atoms with van der Waals surface area (Å²) in [6.45, 7) is 0. The van der Waals surface area contributed by atoms with Gasteiger partial charge in [0.2, 0.25) is 11.8 Å². The van der Waals surface area contributed by atoms with Crippen LogP contribution < -0.4 is 15.4 Å². The van der Waals surface area contributed by atoms with Gasteiger partial charge in [-0.25, -0.2) is 9.07 Å². The van der Waals surface area contributed by atoms with Crippen molar-refractivity contribution in [3.63, 3.8) is 0 Å². The summed E-state index contributed by atoms with van der Waals surface area (Å²) in [5.74, 6) is -0.337. The van der Waals surface area contributed by atoms with E-state index in [1.54, 1.807) is 19.4 Å². The molecule has 0 saturated heterocycles. The maximum Gasteiger partial charge on any atom is 0.249 e. The fraction of sp³-hybridized carbons (Fsp3) is 0.150. The first-order valence-corrected chi connectivity index (χ1v) is 9.12. The van der Waals surface area contributed by atoms with Crippen LogP contribution in [0.5, 0.6) is 5.75 Å². The molecule has 2 amide bonds. The number of carbonyl (C=O) groups is 2. The molecule has 1 aromatic heterocycles. The molecule has 1 aliphatic rings. The van der Waals surface area contributed by atoms with Crippen molar-refractivity contribution in [1.82, 2.24) is 9.78 Å². The lowest BCUT2D eigenvalue weighted by Crippen LogP contribution is -2.35. The summed E-state index contributed by atoms with van der Waals surface area (Å²) >= 11 is 5.77. The molecule has 4 rings (SSSR count). The van der Waals surface area contributed by atoms with Crippen LogP contribution in [0.25, 0.3) is 11.1 Å². The summed E-state index contributed by atoms with van der Waals surface area (Å²) in [6.07, 6.45) is 1.49. The second kappa shape index (κ2) is 7.56. The standard InChI is InChI=1S/C20H16ClFN4O3/c1-29-17-5-3-2-4-12(17)13-10-23-26-16(9-18(27)25-19(13)26)20(28)24-11-6-7-15(22)14(21)8-11/h2-8,10,16H,9H2,1H3,(H,24,28)(H,25,27)/t16-/m0/s1. The Bertz CT molecular complexity index is 1110. The molecule has 2 N–H and O–H groups in total. The Kier molecular flexibility index (Phi) is 4.94. The summed E-state index contributed by atoms with van der Waals surface area (Å²) < 4.78 is 20.2. The lowest BCUT2D eigenvalue weighted by Gasteiger charge is -2.24. The van der Waals surface area contributed by atoms with Crippen molar-refractivity contribution in [2.75, 3.05) is 17.7 Å². The predicted molar refractivity (Wildman–Crippen MR) is 107 cm³/mol. The van der Waals surface area contributed by atoms with Crippen LogP contribution in [-0.4, -0.2) is 28.7 Å². The van der Waals surface area contributed by atoms with Gasteiger partial charge in [-0.2, -0.15) is 5.10 Å². The molecule has 148 valence electrons. The zero-order chi connectivity index (χ0) is 20.5. The molecule has 3 aromatic rings. The molecular formula is C20H16ClFN4O3. The first kappa shape index (κ1) is 18.9. The number of aromatic nitrogens is 2. The molecule has 0 aliphatic carbocycles. The van der Waals surface area contributed by atoms with Gasteiger partial charge in [0.05, 0.1) is 24.8 Å². The highest BCUT2D eigenvalue weighted by molar-refractivity contribution is 6.31. The first-order chi connectivity index (χ1) is 14.0. The molecular weight excluding hydrogens is 399 g/mol. The smallest absolute Gasteiger partial charge is 0.249 e. The van der Waals surface area contributed by atoms with Crippen molar-refractivity contribution in [1.29, 1.82) is 0 Å². The average Bonchev–Trinajstić information content (AvgIpc) is 3.13. The van der Waals surface area contributed by atoms with E-state index in [-0.39, 0.29) is 17.4 Å². The van der Waals surface area contributed by atoms with Gasteiger partial charge in [-0.3, -0.25) is 9.59 Å². The number of fused-ring (bicyclic) bond motifs is 1. The molecule has 29 heavy (non-hydrogen) atoms. The molecule has 7 nitrogen and oxygen atoms in total. The summed E-state index contributed by atoms with van der Waals surface area (Å²) in [5, 5.41) is 9.65. The number of rotatable bonds is 4. The van der Waals surface area contributed by atoms with Crippen molar-refractivity contribution in [3.05, 3.63) is 59.5 Å². The molecule has 0 unspecified atom stereocenters. The van der Waals surface area contributed by atoms with Crippen LogP contribution in [0.15, 0.2) is 48.7 Å². The van der Waals surface area contributed by atoms with Gasteiger partial charge in [0.25, 0.3) is 0 Å². The maximum absolute atomic E-state index is 13.3. The summed E-state index contributed by atoms with van der Waals surface area (Å²) in [7, 11) is 1.55. The van der Waals surface area contributed by atoms with Crippen molar-refractivity contribution in [2.45, 2.75) is 12.5 Å². The molecule has 0 fully saturated rings. The number of halogens is 2. The Labute approximate surface area is 170 Å². The third kappa shape index (κ3) is 3.54. The Morgan fingerprint density at radius 2 is 2.10 bits per heavy atom. The third-order valence-electron chi connectivity index (χ3n) is 4.61. The van der Waals surface area contributed by atoms with Crippen molar-refractivity contribution in [2.24, 2.45) is 0 Å². The third-order valence-corrected chi connectivity index (χ3v) is 4.90. The lowest BCUT2D eigenvalue weighted by atomic mass is 10.1. The van der Waals surface area contributed by atoms with Crippen LogP contribution >= 0.6 is 11.6 Å². The van der Waals surface area contributed by atoms with Crippen LogP contribution in [0.3, 0.4) is 0 Å². The van der Waals surface area contributed by atoms with Crippen LogP contribution in [0.2, 0.25) is 5.02 Å². The average molecular weight is 415 g/mol. The van der Waals surface area contributed by atoms with E-state index < -0.39 is 17.8 Å². The van der Waals surface area contributed by atoms with E-state index >= 15 is 0 Å². The minimum absolute atomic E-state index is 0.0825. The molecule has 2 heterocycles. The summed E-state index contributed by atoms with van der Waals surface area (Å²) in [5.41, 5.74) is 1.70. The zero-order valence-electron chi connectivity index (χ0n) is 15.3. The number of methoxy groups -OCH3 is 1. The van der Waals surface area contributed by atoms with Gasteiger partial charge < -0.3 is 15.4 Å². The van der Waals surface area contributed by atoms with Gasteiger partial charge in [0, 0.05) is 16.8 Å². The van der Waals surface area contributed by atoms with Gasteiger partial charge in [0.1, 0.15) is 23.4 Å². The van der Waals surface area contributed by atoms with Crippen LogP contribution in [0, 0.1) is 5.82 Å². The molecule has 0 bridgehead atoms. The van der Waals surface area contributed by atoms with Crippen molar-refractivity contribution >= 4 is 34.9 Å². The zero-order valence-corrected chi connectivity index (χ0v) is 16.0.